The molecule has 0 aliphatic heterocycles. The summed E-state index contributed by atoms with van der Waals surface area (Å²) in [6, 6.07) is 9.99. The summed E-state index contributed by atoms with van der Waals surface area (Å²) in [6.07, 6.45) is 2.01. The molecule has 5 nitrogen and oxygen atoms in total. The van der Waals surface area contributed by atoms with Crippen LogP contribution in [-0.4, -0.2) is 24.0 Å². The molecule has 1 saturated carbocycles. The van der Waals surface area contributed by atoms with Gasteiger partial charge in [-0.25, -0.2) is 4.98 Å². The number of anilines is 1. The smallest absolute Gasteiger partial charge is 0.223 e. The fourth-order valence-electron chi connectivity index (χ4n) is 2.37. The van der Waals surface area contributed by atoms with Gasteiger partial charge in [0.25, 0.3) is 0 Å². The Morgan fingerprint density at radius 3 is 2.91 bits per heavy atom. The van der Waals surface area contributed by atoms with Gasteiger partial charge in [-0.15, -0.1) is 0 Å². The third kappa shape index (κ3) is 3.17. The first-order valence-electron chi connectivity index (χ1n) is 7.50. The molecular formula is C17H18N4O. The van der Waals surface area contributed by atoms with Crippen molar-refractivity contribution in [2.45, 2.75) is 19.8 Å². The summed E-state index contributed by atoms with van der Waals surface area (Å²) < 4.78 is 0. The topological polar surface area (TPSA) is 77.8 Å². The quantitative estimate of drug-likeness (QED) is 0.830. The number of aromatic nitrogens is 1. The van der Waals surface area contributed by atoms with Crippen LogP contribution in [0.3, 0.4) is 0 Å². The second-order valence-electron chi connectivity index (χ2n) is 5.68. The summed E-state index contributed by atoms with van der Waals surface area (Å²) in [7, 11) is 0. The van der Waals surface area contributed by atoms with Crippen molar-refractivity contribution >= 4 is 22.6 Å². The van der Waals surface area contributed by atoms with E-state index in [1.54, 1.807) is 0 Å². The second-order valence-corrected chi connectivity index (χ2v) is 5.68. The zero-order chi connectivity index (χ0) is 15.5. The molecule has 1 amide bonds. The van der Waals surface area contributed by atoms with Gasteiger partial charge in [-0.2, -0.15) is 5.26 Å². The molecule has 0 bridgehead atoms. The normalized spacial score (nSPS) is 13.6. The number of hydrogen-bond donors (Lipinski definition) is 2. The number of nitrogens with zero attached hydrogens (tertiary/aromatic N) is 2. The summed E-state index contributed by atoms with van der Waals surface area (Å²) in [5.74, 6) is 0.917. The van der Waals surface area contributed by atoms with E-state index in [0.29, 0.717) is 24.5 Å². The monoisotopic (exact) mass is 294 g/mol. The van der Waals surface area contributed by atoms with Crippen LogP contribution in [0.15, 0.2) is 24.3 Å². The van der Waals surface area contributed by atoms with Crippen molar-refractivity contribution < 1.29 is 4.79 Å². The van der Waals surface area contributed by atoms with Crippen LogP contribution in [-0.2, 0) is 4.79 Å². The Bertz CT molecular complexity index is 759. The number of rotatable bonds is 5. The van der Waals surface area contributed by atoms with Crippen LogP contribution in [0.4, 0.5) is 5.82 Å². The summed E-state index contributed by atoms with van der Waals surface area (Å²) in [5.41, 5.74) is 2.52. The molecule has 1 aliphatic rings. The molecule has 0 radical (unpaired) electrons. The Morgan fingerprint density at radius 1 is 1.36 bits per heavy atom. The molecular weight excluding hydrogens is 276 g/mol. The Kier molecular flexibility index (Phi) is 3.92. The molecule has 0 unspecified atom stereocenters. The van der Waals surface area contributed by atoms with Crippen LogP contribution < -0.4 is 10.6 Å². The molecule has 1 fully saturated rings. The highest BCUT2D eigenvalue weighted by atomic mass is 16.2. The average molecular weight is 294 g/mol. The van der Waals surface area contributed by atoms with Gasteiger partial charge in [-0.1, -0.05) is 11.6 Å². The zero-order valence-corrected chi connectivity index (χ0v) is 12.5. The minimum Gasteiger partial charge on any atom is -0.367 e. The van der Waals surface area contributed by atoms with Crippen molar-refractivity contribution in [1.82, 2.24) is 10.3 Å². The summed E-state index contributed by atoms with van der Waals surface area (Å²) >= 11 is 0. The highest BCUT2D eigenvalue weighted by Crippen LogP contribution is 2.28. The Balaban J connectivity index is 1.68. The molecule has 2 N–H and O–H groups in total. The van der Waals surface area contributed by atoms with Crippen LogP contribution in [0, 0.1) is 24.2 Å². The predicted octanol–water partition coefficient (Wildman–Crippen LogP) is 2.35. The minimum absolute atomic E-state index is 0.129. The maximum absolute atomic E-state index is 11.5. The summed E-state index contributed by atoms with van der Waals surface area (Å²) in [6.45, 7) is 3.10. The molecule has 2 aromatic rings. The van der Waals surface area contributed by atoms with Crippen molar-refractivity contribution in [2.24, 2.45) is 5.92 Å². The number of hydrogen-bond acceptors (Lipinski definition) is 4. The van der Waals surface area contributed by atoms with Gasteiger partial charge in [-0.3, -0.25) is 4.79 Å². The first-order chi connectivity index (χ1) is 10.7. The van der Waals surface area contributed by atoms with Crippen LogP contribution in [0.25, 0.3) is 10.9 Å². The highest BCUT2D eigenvalue weighted by molar-refractivity contribution is 5.83. The highest BCUT2D eigenvalue weighted by Gasteiger charge is 2.28. The van der Waals surface area contributed by atoms with Crippen molar-refractivity contribution in [3.8, 4) is 6.07 Å². The lowest BCUT2D eigenvalue weighted by atomic mass is 10.1. The first-order valence-corrected chi connectivity index (χ1v) is 7.50. The van der Waals surface area contributed by atoms with E-state index in [0.717, 1.165) is 29.3 Å². The summed E-state index contributed by atoms with van der Waals surface area (Å²) in [4.78, 5) is 16.0. The molecule has 1 heterocycles. The minimum atomic E-state index is 0.129. The zero-order valence-electron chi connectivity index (χ0n) is 12.5. The van der Waals surface area contributed by atoms with E-state index in [1.165, 1.54) is 0 Å². The lowest BCUT2D eigenvalue weighted by Gasteiger charge is -2.10. The fraction of sp³-hybridized carbons (Fsp3) is 0.353. The number of carbonyl (C=O) groups is 1. The average Bonchev–Trinajstić information content (AvgIpc) is 3.35. The van der Waals surface area contributed by atoms with E-state index < -0.39 is 0 Å². The van der Waals surface area contributed by atoms with Crippen molar-refractivity contribution in [3.05, 3.63) is 35.4 Å². The van der Waals surface area contributed by atoms with Crippen molar-refractivity contribution in [3.63, 3.8) is 0 Å². The molecule has 0 saturated heterocycles. The predicted molar refractivity (Wildman–Crippen MR) is 85.4 cm³/mol. The van der Waals surface area contributed by atoms with Gasteiger partial charge in [0.05, 0.1) is 11.1 Å². The number of pyridine rings is 1. The van der Waals surface area contributed by atoms with Gasteiger partial charge in [0.2, 0.25) is 5.91 Å². The third-order valence-electron chi connectivity index (χ3n) is 3.76. The van der Waals surface area contributed by atoms with E-state index in [-0.39, 0.29) is 11.8 Å². The lowest BCUT2D eigenvalue weighted by Crippen LogP contribution is -2.30. The molecule has 1 aromatic carbocycles. The molecule has 3 rings (SSSR count). The van der Waals surface area contributed by atoms with Gasteiger partial charge >= 0.3 is 0 Å². The molecule has 0 spiro atoms. The van der Waals surface area contributed by atoms with Gasteiger partial charge in [0, 0.05) is 24.4 Å². The molecule has 0 atom stereocenters. The number of carbonyl (C=O) groups excluding carboxylic acids is 1. The van der Waals surface area contributed by atoms with E-state index in [1.807, 2.05) is 31.2 Å². The third-order valence-corrected chi connectivity index (χ3v) is 3.76. The molecule has 1 aliphatic carbocycles. The standard InChI is InChI=1S/C17H18N4O/c1-11-2-5-15-13(8-11)9-14(10-18)16(21-15)19-6-7-20-17(22)12-3-4-12/h2,5,8-9,12H,3-4,6-7H2,1H3,(H,19,21)(H,20,22). The molecule has 5 heteroatoms. The Labute approximate surface area is 129 Å². The van der Waals surface area contributed by atoms with E-state index in [2.05, 4.69) is 21.7 Å². The lowest BCUT2D eigenvalue weighted by molar-refractivity contribution is -0.122. The van der Waals surface area contributed by atoms with Gasteiger partial charge < -0.3 is 10.6 Å². The Hall–Kier alpha value is -2.61. The number of nitriles is 1. The van der Waals surface area contributed by atoms with Crippen molar-refractivity contribution in [2.75, 3.05) is 18.4 Å². The largest absolute Gasteiger partial charge is 0.367 e. The fourth-order valence-corrected chi connectivity index (χ4v) is 2.37. The molecule has 112 valence electrons. The SMILES string of the molecule is Cc1ccc2nc(NCCNC(=O)C3CC3)c(C#N)cc2c1. The Morgan fingerprint density at radius 2 is 2.18 bits per heavy atom. The van der Waals surface area contributed by atoms with Gasteiger partial charge in [0.15, 0.2) is 0 Å². The molecule has 1 aromatic heterocycles. The van der Waals surface area contributed by atoms with E-state index in [9.17, 15) is 10.1 Å². The van der Waals surface area contributed by atoms with E-state index in [4.69, 9.17) is 0 Å². The van der Waals surface area contributed by atoms with Gasteiger partial charge in [0.1, 0.15) is 11.9 Å². The number of amides is 1. The number of benzene rings is 1. The van der Waals surface area contributed by atoms with Crippen LogP contribution in [0.2, 0.25) is 0 Å². The second kappa shape index (κ2) is 6.02. The van der Waals surface area contributed by atoms with Crippen molar-refractivity contribution in [1.29, 1.82) is 5.26 Å². The number of fused-ring (bicyclic) bond motifs is 1. The number of aryl methyl sites for hydroxylation is 1. The summed E-state index contributed by atoms with van der Waals surface area (Å²) in [5, 5.41) is 16.3. The van der Waals surface area contributed by atoms with Gasteiger partial charge in [-0.05, 0) is 38.0 Å². The number of nitrogens with one attached hydrogen (secondary N) is 2. The first kappa shape index (κ1) is 14.3. The maximum Gasteiger partial charge on any atom is 0.223 e. The van der Waals surface area contributed by atoms with Crippen LogP contribution in [0.1, 0.15) is 24.0 Å². The van der Waals surface area contributed by atoms with Crippen LogP contribution in [0.5, 0.6) is 0 Å². The maximum atomic E-state index is 11.5. The van der Waals surface area contributed by atoms with Crippen LogP contribution >= 0.6 is 0 Å². The van der Waals surface area contributed by atoms with E-state index >= 15 is 0 Å². The molecule has 22 heavy (non-hydrogen) atoms.